The number of aliphatic carboxylic acids is 1. The Morgan fingerprint density at radius 1 is 1.15 bits per heavy atom. The predicted molar refractivity (Wildman–Crippen MR) is 93.9 cm³/mol. The Morgan fingerprint density at radius 3 is 2.54 bits per heavy atom. The Balaban J connectivity index is 2.02. The van der Waals surface area contributed by atoms with E-state index in [9.17, 15) is 19.8 Å². The molecule has 0 bridgehead atoms. The lowest BCUT2D eigenvalue weighted by molar-refractivity contribution is -0.296. The molecule has 0 spiro atoms. The highest BCUT2D eigenvalue weighted by Crippen LogP contribution is 2.30. The molecule has 0 aliphatic carbocycles. The third-order valence-electron chi connectivity index (χ3n) is 4.28. The van der Waals surface area contributed by atoms with Crippen LogP contribution in [-0.2, 0) is 17.9 Å². The van der Waals surface area contributed by atoms with E-state index in [0.29, 0.717) is 29.0 Å². The molecule has 3 rings (SSSR count). The van der Waals surface area contributed by atoms with Crippen molar-refractivity contribution in [1.29, 1.82) is 0 Å². The molecule has 1 heterocycles. The van der Waals surface area contributed by atoms with E-state index < -0.39 is 11.8 Å². The van der Waals surface area contributed by atoms with Crippen molar-refractivity contribution >= 4 is 22.7 Å². The van der Waals surface area contributed by atoms with Crippen molar-refractivity contribution < 1.29 is 24.5 Å². The second-order valence-corrected chi connectivity index (χ2v) is 5.91. The number of aliphatic hydroxyl groups is 1. The largest absolute Gasteiger partial charge is 0.541 e. The second-order valence-electron chi connectivity index (χ2n) is 5.91. The fraction of sp³-hybridized carbons (Fsp3) is 0.200. The Morgan fingerprint density at radius 2 is 1.88 bits per heavy atom. The number of benzene rings is 2. The zero-order chi connectivity index (χ0) is 18.7. The molecule has 0 saturated heterocycles. The number of aliphatic hydroxyl groups excluding tert-OH is 1. The summed E-state index contributed by atoms with van der Waals surface area (Å²) in [6, 6.07) is 14.8. The van der Waals surface area contributed by atoms with Crippen molar-refractivity contribution in [3.63, 3.8) is 0 Å². The highest BCUT2D eigenvalue weighted by Gasteiger charge is 2.21. The zero-order valence-corrected chi connectivity index (χ0v) is 14.3. The molecule has 0 radical (unpaired) electrons. The molecule has 1 aromatic heterocycles. The van der Waals surface area contributed by atoms with Gasteiger partial charge in [-0.1, -0.05) is 30.3 Å². The average Bonchev–Trinajstić information content (AvgIpc) is 2.92. The monoisotopic (exact) mass is 352 g/mol. The van der Waals surface area contributed by atoms with Gasteiger partial charge < -0.3 is 24.3 Å². The van der Waals surface area contributed by atoms with Crippen LogP contribution in [-0.4, -0.2) is 28.0 Å². The first-order chi connectivity index (χ1) is 12.5. The van der Waals surface area contributed by atoms with E-state index >= 15 is 0 Å². The molecule has 1 N–H and O–H groups in total. The molecule has 2 aromatic carbocycles. The molecule has 0 unspecified atom stereocenters. The number of hydrogen-bond acceptors (Lipinski definition) is 5. The van der Waals surface area contributed by atoms with E-state index in [4.69, 9.17) is 4.74 Å². The van der Waals surface area contributed by atoms with Gasteiger partial charge in [0.25, 0.3) is 0 Å². The van der Waals surface area contributed by atoms with Gasteiger partial charge in [0.15, 0.2) is 0 Å². The van der Waals surface area contributed by atoms with Gasteiger partial charge in [0.1, 0.15) is 18.3 Å². The first kappa shape index (κ1) is 17.7. The molecular weight excluding hydrogens is 334 g/mol. The summed E-state index contributed by atoms with van der Waals surface area (Å²) in [6.45, 7) is 2.13. The fourth-order valence-corrected chi connectivity index (χ4v) is 3.07. The minimum absolute atomic E-state index is 0.0682. The van der Waals surface area contributed by atoms with Gasteiger partial charge in [-0.2, -0.15) is 0 Å². The van der Waals surface area contributed by atoms with E-state index in [0.717, 1.165) is 5.56 Å². The summed E-state index contributed by atoms with van der Waals surface area (Å²) < 4.78 is 7.49. The molecular formula is C20H18NO5-. The van der Waals surface area contributed by atoms with Crippen LogP contribution in [0.15, 0.2) is 48.5 Å². The topological polar surface area (TPSA) is 91.6 Å². The maximum Gasteiger partial charge on any atom is 0.210 e. The minimum atomic E-state index is -1.76. The Labute approximate surface area is 150 Å². The number of ketones is 1. The molecule has 0 fully saturated rings. The van der Waals surface area contributed by atoms with Crippen molar-refractivity contribution in [1.82, 2.24) is 4.57 Å². The van der Waals surface area contributed by atoms with Crippen LogP contribution < -0.4 is 9.84 Å². The predicted octanol–water partition coefficient (Wildman–Crippen LogP) is 1.45. The van der Waals surface area contributed by atoms with Crippen molar-refractivity contribution in [3.05, 3.63) is 65.4 Å². The maximum atomic E-state index is 12.1. The molecule has 3 aromatic rings. The van der Waals surface area contributed by atoms with E-state index in [1.807, 2.05) is 30.3 Å². The lowest BCUT2D eigenvalue weighted by Crippen LogP contribution is -2.32. The van der Waals surface area contributed by atoms with E-state index in [2.05, 4.69) is 0 Å². The van der Waals surface area contributed by atoms with Crippen LogP contribution in [0.25, 0.3) is 10.9 Å². The van der Waals surface area contributed by atoms with Gasteiger partial charge in [-0.25, -0.2) is 0 Å². The number of Topliss-reactive ketones (excluding diaryl/α,β-unsaturated/α-hetero) is 1. The summed E-state index contributed by atoms with van der Waals surface area (Å²) in [5.74, 6) is -2.31. The second kappa shape index (κ2) is 7.41. The van der Waals surface area contributed by atoms with Crippen LogP contribution in [0, 0.1) is 6.92 Å². The molecule has 6 nitrogen and oxygen atoms in total. The number of ether oxygens (including phenoxy) is 1. The van der Waals surface area contributed by atoms with Crippen molar-refractivity contribution in [2.45, 2.75) is 20.1 Å². The molecule has 0 saturated carbocycles. The minimum Gasteiger partial charge on any atom is -0.541 e. The highest BCUT2D eigenvalue weighted by atomic mass is 16.5. The zero-order valence-electron chi connectivity index (χ0n) is 14.3. The first-order valence-electron chi connectivity index (χ1n) is 8.19. The normalized spacial score (nSPS) is 10.8. The first-order valence-corrected chi connectivity index (χ1v) is 8.19. The number of nitrogens with zero attached hydrogens (tertiary/aromatic N) is 1. The van der Waals surface area contributed by atoms with E-state index in [1.54, 1.807) is 29.7 Å². The van der Waals surface area contributed by atoms with Crippen LogP contribution in [0.2, 0.25) is 0 Å². The fourth-order valence-electron chi connectivity index (χ4n) is 3.07. The maximum absolute atomic E-state index is 12.1. The lowest BCUT2D eigenvalue weighted by Gasteiger charge is -2.08. The van der Waals surface area contributed by atoms with Crippen LogP contribution >= 0.6 is 0 Å². The van der Waals surface area contributed by atoms with E-state index in [1.165, 1.54) is 0 Å². The number of rotatable bonds is 7. The smallest absolute Gasteiger partial charge is 0.210 e. The van der Waals surface area contributed by atoms with Crippen molar-refractivity contribution in [3.8, 4) is 5.75 Å². The van der Waals surface area contributed by atoms with Gasteiger partial charge in [0.05, 0.1) is 12.2 Å². The lowest BCUT2D eigenvalue weighted by atomic mass is 10.1. The van der Waals surface area contributed by atoms with Crippen LogP contribution in [0.5, 0.6) is 5.75 Å². The van der Waals surface area contributed by atoms with Gasteiger partial charge in [-0.05, 0) is 30.7 Å². The number of carbonyl (C=O) groups is 2. The van der Waals surface area contributed by atoms with Gasteiger partial charge in [-0.3, -0.25) is 4.79 Å². The molecule has 26 heavy (non-hydrogen) atoms. The number of hydrogen-bond donors (Lipinski definition) is 1. The van der Waals surface area contributed by atoms with Crippen molar-refractivity contribution in [2.24, 2.45) is 0 Å². The van der Waals surface area contributed by atoms with Gasteiger partial charge in [-0.15, -0.1) is 0 Å². The molecule has 6 heteroatoms. The van der Waals surface area contributed by atoms with Gasteiger partial charge >= 0.3 is 0 Å². The van der Waals surface area contributed by atoms with Gasteiger partial charge in [0, 0.05) is 23.1 Å². The average molecular weight is 352 g/mol. The number of carbonyl (C=O) groups excluding carboxylic acids is 2. The number of fused-ring (bicyclic) bond motifs is 1. The standard InChI is InChI=1S/C20H19NO5/c1-13-18(19(23)20(24)25)16-11-15(7-8-17(16)21(13)9-10-22)26-12-14-5-3-2-4-6-14/h2-8,11,22H,9-10,12H2,1H3,(H,24,25)/p-1. The number of carboxylic acid groups (broad SMARTS) is 1. The summed E-state index contributed by atoms with van der Waals surface area (Å²) in [4.78, 5) is 23.2. The molecule has 0 amide bonds. The third kappa shape index (κ3) is 3.32. The number of carboxylic acids is 1. The highest BCUT2D eigenvalue weighted by molar-refractivity contribution is 6.42. The Bertz CT molecular complexity index is 959. The molecule has 0 aliphatic rings. The quantitative estimate of drug-likeness (QED) is 0.513. The molecule has 0 atom stereocenters. The SMILES string of the molecule is Cc1c(C(=O)C(=O)[O-])c2cc(OCc3ccccc3)ccc2n1CCO. The van der Waals surface area contributed by atoms with Crippen molar-refractivity contribution in [2.75, 3.05) is 6.61 Å². The summed E-state index contributed by atoms with van der Waals surface area (Å²) >= 11 is 0. The van der Waals surface area contributed by atoms with Crippen LogP contribution in [0.1, 0.15) is 21.6 Å². The Kier molecular flexibility index (Phi) is 5.04. The summed E-state index contributed by atoms with van der Waals surface area (Å²) in [6.07, 6.45) is 0. The third-order valence-corrected chi connectivity index (χ3v) is 4.28. The summed E-state index contributed by atoms with van der Waals surface area (Å²) in [7, 11) is 0. The molecule has 134 valence electrons. The van der Waals surface area contributed by atoms with Crippen LogP contribution in [0.4, 0.5) is 0 Å². The van der Waals surface area contributed by atoms with E-state index in [-0.39, 0.29) is 18.7 Å². The summed E-state index contributed by atoms with van der Waals surface area (Å²) in [5, 5.41) is 20.8. The number of aromatic nitrogens is 1. The van der Waals surface area contributed by atoms with Gasteiger partial charge in [0.2, 0.25) is 5.78 Å². The summed E-state index contributed by atoms with van der Waals surface area (Å²) in [5.41, 5.74) is 2.20. The van der Waals surface area contributed by atoms with Crippen LogP contribution in [0.3, 0.4) is 0 Å². The Hall–Kier alpha value is -3.12. The molecule has 0 aliphatic heterocycles.